The molecule has 0 aliphatic heterocycles. The highest BCUT2D eigenvalue weighted by Gasteiger charge is 2.30. The minimum atomic E-state index is -1.64. The molecule has 0 amide bonds. The summed E-state index contributed by atoms with van der Waals surface area (Å²) in [5, 5.41) is 11.8. The van der Waals surface area contributed by atoms with Crippen molar-refractivity contribution in [3.63, 3.8) is 0 Å². The van der Waals surface area contributed by atoms with Gasteiger partial charge in [0.15, 0.2) is 0 Å². The molecule has 8 aromatic carbocycles. The Hall–Kier alpha value is -5.34. The second-order valence-electron chi connectivity index (χ2n) is 12.6. The van der Waals surface area contributed by atoms with Crippen molar-refractivity contribution in [3.05, 3.63) is 169 Å². The molecule has 232 valence electrons. The smallest absolute Gasteiger partial charge is 0.310 e. The van der Waals surface area contributed by atoms with E-state index in [0.717, 1.165) is 32.7 Å². The predicted octanol–water partition coefficient (Wildman–Crippen LogP) is 13.4. The van der Waals surface area contributed by atoms with E-state index < -0.39 is 8.16 Å². The van der Waals surface area contributed by atoms with Crippen LogP contribution in [0.25, 0.3) is 65.0 Å². The third-order valence-electron chi connectivity index (χ3n) is 9.90. The highest BCUT2D eigenvalue weighted by Crippen LogP contribution is 2.48. The van der Waals surface area contributed by atoms with Gasteiger partial charge in [0.2, 0.25) is 0 Å². The van der Waals surface area contributed by atoms with Gasteiger partial charge in [-0.1, -0.05) is 140 Å². The molecule has 0 saturated carbocycles. The van der Waals surface area contributed by atoms with E-state index in [1.54, 1.807) is 0 Å². The van der Waals surface area contributed by atoms with Gasteiger partial charge < -0.3 is 8.39 Å². The number of hydrogen-bond donors (Lipinski definition) is 0. The Morgan fingerprint density at radius 1 is 0.438 bits per heavy atom. The highest BCUT2D eigenvalue weighted by molar-refractivity contribution is 7.39. The van der Waals surface area contributed by atoms with E-state index in [-0.39, 0.29) is 12.1 Å². The normalized spacial score (nSPS) is 13.2. The van der Waals surface area contributed by atoms with Crippen molar-refractivity contribution >= 4 is 73.2 Å². The van der Waals surface area contributed by atoms with Gasteiger partial charge in [-0.05, 0) is 86.3 Å². The summed E-state index contributed by atoms with van der Waals surface area (Å²) < 4.78 is 16.9. The molecule has 0 N–H and O–H groups in total. The number of nitrogens with zero attached hydrogens (tertiary/aromatic N) is 1. The molecule has 1 heterocycles. The van der Waals surface area contributed by atoms with E-state index in [0.29, 0.717) is 0 Å². The van der Waals surface area contributed by atoms with Crippen molar-refractivity contribution in [3.8, 4) is 0 Å². The van der Waals surface area contributed by atoms with Crippen molar-refractivity contribution in [2.24, 2.45) is 0 Å². The van der Waals surface area contributed by atoms with Gasteiger partial charge in [0.05, 0.1) is 0 Å². The summed E-state index contributed by atoms with van der Waals surface area (Å²) in [5.41, 5.74) is 4.15. The van der Waals surface area contributed by atoms with Crippen LogP contribution in [0.2, 0.25) is 0 Å². The lowest BCUT2D eigenvalue weighted by molar-refractivity contribution is 0.560. The minimum Gasteiger partial charge on any atom is -0.408 e. The third kappa shape index (κ3) is 4.78. The maximum Gasteiger partial charge on any atom is 0.310 e. The highest BCUT2D eigenvalue weighted by atomic mass is 31.1. The largest absolute Gasteiger partial charge is 0.408 e. The molecule has 0 aliphatic rings. The second-order valence-corrected chi connectivity index (χ2v) is 13.9. The Bertz CT molecular complexity index is 2590. The second kappa shape index (κ2) is 11.7. The van der Waals surface area contributed by atoms with E-state index in [1.165, 1.54) is 43.4 Å². The van der Waals surface area contributed by atoms with Gasteiger partial charge in [-0.2, -0.15) is 4.67 Å². The van der Waals surface area contributed by atoms with Crippen molar-refractivity contribution in [1.29, 1.82) is 0 Å². The first kappa shape index (κ1) is 28.8. The van der Waals surface area contributed by atoms with Crippen LogP contribution in [-0.4, -0.2) is 0 Å². The zero-order valence-corrected chi connectivity index (χ0v) is 27.8. The van der Waals surface area contributed by atoms with Crippen molar-refractivity contribution in [1.82, 2.24) is 0 Å². The van der Waals surface area contributed by atoms with Crippen molar-refractivity contribution < 1.29 is 8.39 Å². The molecular weight excluding hydrogens is 605 g/mol. The molecule has 0 spiro atoms. The lowest BCUT2D eigenvalue weighted by Crippen LogP contribution is -2.27. The molecule has 2 atom stereocenters. The SMILES string of the molecule is C[C@@H](c1ccc2ccccc2c1)N([C@@H](C)c1cccc2ccccc12)p1oc2ccc3ccccc3c2c2c(ccc3ccccc32)o1. The standard InChI is InChI=1S/C44H34NO2P/c1-29(35-23-22-31-12-3-4-16-36(31)28-35)45(30(2)37-21-11-17-32-13-5-8-18-38(32)37)48-46-41-26-24-33-14-6-9-19-39(33)43(41)44-40-20-10-7-15-34(40)25-27-42(44)47-48/h3-30H,1-2H3/t29-,30-/m0/s1. The molecule has 4 heteroatoms. The molecule has 0 saturated heterocycles. The lowest BCUT2D eigenvalue weighted by Gasteiger charge is -2.32. The van der Waals surface area contributed by atoms with E-state index in [4.69, 9.17) is 8.39 Å². The van der Waals surface area contributed by atoms with Crippen molar-refractivity contribution in [2.45, 2.75) is 25.9 Å². The Morgan fingerprint density at radius 3 is 1.54 bits per heavy atom. The first-order valence-corrected chi connectivity index (χ1v) is 17.7. The molecule has 9 aromatic rings. The maximum atomic E-state index is 7.21. The first-order valence-electron chi connectivity index (χ1n) is 16.6. The van der Waals surface area contributed by atoms with Gasteiger partial charge in [0, 0.05) is 22.9 Å². The Labute approximate surface area is 280 Å². The van der Waals surface area contributed by atoms with Crippen LogP contribution in [0.1, 0.15) is 37.1 Å². The van der Waals surface area contributed by atoms with Crippen LogP contribution in [-0.2, 0) is 0 Å². The summed E-state index contributed by atoms with van der Waals surface area (Å²) in [6, 6.07) is 56.3. The summed E-state index contributed by atoms with van der Waals surface area (Å²) in [4.78, 5) is 0. The van der Waals surface area contributed by atoms with Crippen LogP contribution in [0, 0.1) is 0 Å². The average Bonchev–Trinajstić information content (AvgIpc) is 3.31. The van der Waals surface area contributed by atoms with Gasteiger partial charge in [0.25, 0.3) is 0 Å². The number of rotatable bonds is 5. The monoisotopic (exact) mass is 639 g/mol. The van der Waals surface area contributed by atoms with Gasteiger partial charge >= 0.3 is 8.16 Å². The van der Waals surface area contributed by atoms with E-state index in [1.807, 2.05) is 0 Å². The molecule has 48 heavy (non-hydrogen) atoms. The quantitative estimate of drug-likeness (QED) is 0.188. The summed E-state index contributed by atoms with van der Waals surface area (Å²) >= 11 is 0. The van der Waals surface area contributed by atoms with E-state index >= 15 is 0 Å². The molecule has 3 nitrogen and oxygen atoms in total. The molecule has 0 fully saturated rings. The lowest BCUT2D eigenvalue weighted by atomic mass is 9.97. The topological polar surface area (TPSA) is 29.5 Å². The fourth-order valence-electron chi connectivity index (χ4n) is 7.45. The molecule has 1 aromatic heterocycles. The Kier molecular flexibility index (Phi) is 7.04. The zero-order valence-electron chi connectivity index (χ0n) is 26.9. The fraction of sp³-hybridized carbons (Fsp3) is 0.0909. The molecule has 0 radical (unpaired) electrons. The molecule has 0 unspecified atom stereocenters. The van der Waals surface area contributed by atoms with Crippen LogP contribution >= 0.6 is 8.16 Å². The van der Waals surface area contributed by atoms with Crippen LogP contribution in [0.5, 0.6) is 0 Å². The summed E-state index contributed by atoms with van der Waals surface area (Å²) in [6.07, 6.45) is 0. The van der Waals surface area contributed by atoms with Gasteiger partial charge in [0.1, 0.15) is 11.2 Å². The van der Waals surface area contributed by atoms with Gasteiger partial charge in [-0.25, -0.2) is 0 Å². The van der Waals surface area contributed by atoms with Crippen LogP contribution in [0.15, 0.2) is 166 Å². The molecule has 0 aliphatic carbocycles. The van der Waals surface area contributed by atoms with Crippen LogP contribution in [0.3, 0.4) is 0 Å². The van der Waals surface area contributed by atoms with E-state index in [9.17, 15) is 0 Å². The summed E-state index contributed by atoms with van der Waals surface area (Å²) in [6.45, 7) is 4.58. The maximum absolute atomic E-state index is 7.21. The predicted molar refractivity (Wildman–Crippen MR) is 204 cm³/mol. The first-order chi connectivity index (χ1) is 23.6. The molecule has 0 bridgehead atoms. The van der Waals surface area contributed by atoms with Gasteiger partial charge in [-0.3, -0.25) is 0 Å². The van der Waals surface area contributed by atoms with Gasteiger partial charge in [-0.15, -0.1) is 0 Å². The Balaban J connectivity index is 1.37. The number of fused-ring (bicyclic) bond motifs is 9. The summed E-state index contributed by atoms with van der Waals surface area (Å²) in [7, 11) is -1.64. The zero-order chi connectivity index (χ0) is 32.2. The average molecular weight is 640 g/mol. The minimum absolute atomic E-state index is 0.0272. The van der Waals surface area contributed by atoms with Crippen LogP contribution in [0.4, 0.5) is 0 Å². The van der Waals surface area contributed by atoms with Crippen LogP contribution < -0.4 is 4.67 Å². The molecular formula is C44H34NO2P. The summed E-state index contributed by atoms with van der Waals surface area (Å²) in [5.74, 6) is 0. The van der Waals surface area contributed by atoms with E-state index in [2.05, 4.69) is 176 Å². The Morgan fingerprint density at radius 2 is 0.917 bits per heavy atom. The van der Waals surface area contributed by atoms with Crippen molar-refractivity contribution in [2.75, 3.05) is 4.67 Å². The molecule has 9 rings (SSSR count). The fourth-order valence-corrected chi connectivity index (χ4v) is 9.14. The third-order valence-corrected chi connectivity index (χ3v) is 11.7. The number of hydrogen-bond acceptors (Lipinski definition) is 3. The number of benzene rings is 8.